The maximum absolute atomic E-state index is 9.24. The summed E-state index contributed by atoms with van der Waals surface area (Å²) in [6.07, 6.45) is 0. The van der Waals surface area contributed by atoms with Crippen molar-refractivity contribution < 1.29 is 5.11 Å². The zero-order chi connectivity index (χ0) is 13.1. The molecule has 0 amide bonds. The number of hydrogen-bond acceptors (Lipinski definition) is 2. The fourth-order valence-corrected chi connectivity index (χ4v) is 2.92. The number of aliphatic hydroxyl groups is 1. The zero-order valence-electron chi connectivity index (χ0n) is 11.3. The number of likely N-dealkylation sites (tertiary alicyclic amines) is 1. The summed E-state index contributed by atoms with van der Waals surface area (Å²) in [5.41, 5.74) is 2.25. The van der Waals surface area contributed by atoms with Gasteiger partial charge >= 0.3 is 0 Å². The van der Waals surface area contributed by atoms with Crippen LogP contribution in [0.2, 0.25) is 0 Å². The predicted molar refractivity (Wildman–Crippen MR) is 75.3 cm³/mol. The van der Waals surface area contributed by atoms with Crippen molar-refractivity contribution >= 4 is 0 Å². The molecule has 0 saturated carbocycles. The highest BCUT2D eigenvalue weighted by Gasteiger charge is 2.35. The number of nitrogens with zero attached hydrogens (tertiary/aromatic N) is 1. The molecule has 0 aliphatic carbocycles. The molecule has 0 radical (unpaired) electrons. The lowest BCUT2D eigenvalue weighted by Gasteiger charge is -2.21. The predicted octanol–water partition coefficient (Wildman–Crippen LogP) is 2.86. The van der Waals surface area contributed by atoms with Crippen LogP contribution in [0.1, 0.15) is 25.3 Å². The Bertz CT molecular complexity index is 399. The third kappa shape index (κ3) is 2.59. The van der Waals surface area contributed by atoms with Gasteiger partial charge in [0.2, 0.25) is 0 Å². The minimum absolute atomic E-state index is 0.0618. The Kier molecular flexibility index (Phi) is 4.07. The molecule has 0 aromatic heterocycles. The fourth-order valence-electron chi connectivity index (χ4n) is 2.92. The van der Waals surface area contributed by atoms with Crippen molar-refractivity contribution in [2.75, 3.05) is 19.7 Å². The summed E-state index contributed by atoms with van der Waals surface area (Å²) >= 11 is 0. The van der Waals surface area contributed by atoms with E-state index in [1.165, 1.54) is 5.56 Å². The Morgan fingerprint density at radius 1 is 1.33 bits per heavy atom. The summed E-state index contributed by atoms with van der Waals surface area (Å²) in [7, 11) is 0. The van der Waals surface area contributed by atoms with Gasteiger partial charge in [-0.2, -0.15) is 0 Å². The zero-order valence-corrected chi connectivity index (χ0v) is 11.3. The maximum Gasteiger partial charge on any atom is 0.0823 e. The highest BCUT2D eigenvalue weighted by molar-refractivity contribution is 5.23. The summed E-state index contributed by atoms with van der Waals surface area (Å²) in [5, 5.41) is 9.24. The van der Waals surface area contributed by atoms with E-state index in [2.05, 4.69) is 55.7 Å². The molecule has 1 heterocycles. The third-order valence-electron chi connectivity index (χ3n) is 4.08. The van der Waals surface area contributed by atoms with E-state index in [9.17, 15) is 5.11 Å². The van der Waals surface area contributed by atoms with Gasteiger partial charge in [-0.3, -0.25) is 0 Å². The smallest absolute Gasteiger partial charge is 0.0823 e. The van der Waals surface area contributed by atoms with Crippen LogP contribution in [0.5, 0.6) is 0 Å². The van der Waals surface area contributed by atoms with E-state index >= 15 is 0 Å². The van der Waals surface area contributed by atoms with Crippen molar-refractivity contribution in [3.05, 3.63) is 48.2 Å². The third-order valence-corrected chi connectivity index (χ3v) is 4.08. The molecule has 0 spiro atoms. The lowest BCUT2D eigenvalue weighted by atomic mass is 9.82. The van der Waals surface area contributed by atoms with Gasteiger partial charge in [-0.1, -0.05) is 50.8 Å². The largest absolute Gasteiger partial charge is 0.390 e. The molecule has 2 heteroatoms. The number of rotatable bonds is 4. The van der Waals surface area contributed by atoms with E-state index in [0.717, 1.165) is 18.8 Å². The molecule has 1 N–H and O–H groups in total. The fraction of sp³-hybridized carbons (Fsp3) is 0.500. The Morgan fingerprint density at radius 2 is 2.00 bits per heavy atom. The van der Waals surface area contributed by atoms with E-state index in [-0.39, 0.29) is 6.61 Å². The average molecular weight is 245 g/mol. The second kappa shape index (κ2) is 5.57. The highest BCUT2D eigenvalue weighted by Crippen LogP contribution is 2.38. The first kappa shape index (κ1) is 13.2. The van der Waals surface area contributed by atoms with Gasteiger partial charge in [-0.25, -0.2) is 0 Å². The van der Waals surface area contributed by atoms with Crippen LogP contribution < -0.4 is 0 Å². The number of aliphatic hydroxyl groups excluding tert-OH is 1. The van der Waals surface area contributed by atoms with Crippen molar-refractivity contribution in [3.63, 3.8) is 0 Å². The lowest BCUT2D eigenvalue weighted by Crippen LogP contribution is -2.22. The molecule has 98 valence electrons. The van der Waals surface area contributed by atoms with E-state index in [4.69, 9.17) is 0 Å². The molecule has 0 bridgehead atoms. The Morgan fingerprint density at radius 3 is 2.56 bits per heavy atom. The van der Waals surface area contributed by atoms with E-state index in [1.54, 1.807) is 0 Å². The maximum atomic E-state index is 9.24. The second-order valence-corrected chi connectivity index (χ2v) is 5.55. The van der Waals surface area contributed by atoms with Crippen molar-refractivity contribution in [1.29, 1.82) is 0 Å². The second-order valence-electron chi connectivity index (χ2n) is 5.55. The van der Waals surface area contributed by atoms with Crippen LogP contribution in [0.15, 0.2) is 42.6 Å². The van der Waals surface area contributed by atoms with Crippen LogP contribution in [0, 0.1) is 11.8 Å². The summed E-state index contributed by atoms with van der Waals surface area (Å²) in [5.74, 6) is 1.83. The van der Waals surface area contributed by atoms with Gasteiger partial charge in [0.1, 0.15) is 0 Å². The van der Waals surface area contributed by atoms with Crippen LogP contribution in [0.3, 0.4) is 0 Å². The van der Waals surface area contributed by atoms with Gasteiger partial charge in [0, 0.05) is 24.7 Å². The van der Waals surface area contributed by atoms with E-state index < -0.39 is 0 Å². The van der Waals surface area contributed by atoms with Gasteiger partial charge < -0.3 is 10.0 Å². The molecular weight excluding hydrogens is 222 g/mol. The number of hydrogen-bond donors (Lipinski definition) is 1. The molecule has 1 aromatic carbocycles. The highest BCUT2D eigenvalue weighted by atomic mass is 16.3. The van der Waals surface area contributed by atoms with Gasteiger partial charge in [-0.05, 0) is 17.4 Å². The van der Waals surface area contributed by atoms with Crippen LogP contribution in [-0.2, 0) is 0 Å². The molecule has 1 fully saturated rings. The van der Waals surface area contributed by atoms with Crippen LogP contribution in [0.25, 0.3) is 0 Å². The molecule has 1 saturated heterocycles. The van der Waals surface area contributed by atoms with Crippen LogP contribution in [0.4, 0.5) is 0 Å². The SMILES string of the molecule is C=C(CO)N1CC(c2ccccc2)C(C(C)C)C1. The summed E-state index contributed by atoms with van der Waals surface area (Å²) < 4.78 is 0. The monoisotopic (exact) mass is 245 g/mol. The van der Waals surface area contributed by atoms with Crippen molar-refractivity contribution in [2.24, 2.45) is 11.8 Å². The minimum atomic E-state index is 0.0618. The summed E-state index contributed by atoms with van der Waals surface area (Å²) in [4.78, 5) is 2.24. The quantitative estimate of drug-likeness (QED) is 0.881. The van der Waals surface area contributed by atoms with Crippen molar-refractivity contribution in [1.82, 2.24) is 4.90 Å². The Labute approximate surface area is 110 Å². The first-order chi connectivity index (χ1) is 8.63. The van der Waals surface area contributed by atoms with Gasteiger partial charge in [0.15, 0.2) is 0 Å². The topological polar surface area (TPSA) is 23.5 Å². The van der Waals surface area contributed by atoms with Gasteiger partial charge in [-0.15, -0.1) is 0 Å². The van der Waals surface area contributed by atoms with Crippen LogP contribution >= 0.6 is 0 Å². The van der Waals surface area contributed by atoms with Gasteiger partial charge in [0.25, 0.3) is 0 Å². The average Bonchev–Trinajstić information content (AvgIpc) is 2.84. The van der Waals surface area contributed by atoms with Crippen LogP contribution in [-0.4, -0.2) is 29.7 Å². The molecule has 2 atom stereocenters. The minimum Gasteiger partial charge on any atom is -0.390 e. The lowest BCUT2D eigenvalue weighted by molar-refractivity contribution is 0.266. The van der Waals surface area contributed by atoms with E-state index in [0.29, 0.717) is 17.8 Å². The number of benzene rings is 1. The summed E-state index contributed by atoms with van der Waals surface area (Å²) in [6, 6.07) is 10.7. The normalized spacial score (nSPS) is 23.7. The molecule has 18 heavy (non-hydrogen) atoms. The van der Waals surface area contributed by atoms with Gasteiger partial charge in [0.05, 0.1) is 6.61 Å². The van der Waals surface area contributed by atoms with Crippen molar-refractivity contribution in [2.45, 2.75) is 19.8 Å². The summed E-state index contributed by atoms with van der Waals surface area (Å²) in [6.45, 7) is 10.6. The van der Waals surface area contributed by atoms with E-state index in [1.807, 2.05) is 0 Å². The molecule has 2 rings (SSSR count). The first-order valence-electron chi connectivity index (χ1n) is 6.72. The van der Waals surface area contributed by atoms with Crippen molar-refractivity contribution in [3.8, 4) is 0 Å². The molecule has 2 unspecified atom stereocenters. The first-order valence-corrected chi connectivity index (χ1v) is 6.72. The molecule has 1 aliphatic rings. The molecule has 1 aliphatic heterocycles. The Hall–Kier alpha value is -1.28. The molecular formula is C16H23NO. The molecule has 1 aromatic rings. The molecule has 2 nitrogen and oxygen atoms in total. The Balaban J connectivity index is 2.20. The standard InChI is InChI=1S/C16H23NO/c1-12(2)15-9-17(13(3)11-18)10-16(15)14-7-5-4-6-8-14/h4-8,12,15-16,18H,3,9-11H2,1-2H3.